The summed E-state index contributed by atoms with van der Waals surface area (Å²) in [6.07, 6.45) is 1.37. The molecular formula is C10H12N6O2. The Morgan fingerprint density at radius 3 is 2.89 bits per heavy atom. The molecule has 0 spiro atoms. The molecule has 2 N–H and O–H groups in total. The van der Waals surface area contributed by atoms with Crippen molar-refractivity contribution in [2.24, 2.45) is 0 Å². The van der Waals surface area contributed by atoms with Crippen LogP contribution in [0.5, 0.6) is 0 Å². The number of aromatic nitrogens is 4. The molecule has 0 unspecified atom stereocenters. The van der Waals surface area contributed by atoms with Crippen LogP contribution in [0.15, 0.2) is 12.4 Å². The lowest BCUT2D eigenvalue weighted by Crippen LogP contribution is -2.44. The predicted octanol–water partition coefficient (Wildman–Crippen LogP) is -0.768. The third-order valence-electron chi connectivity index (χ3n) is 2.89. The molecule has 2 aromatic rings. The van der Waals surface area contributed by atoms with Crippen LogP contribution in [0.3, 0.4) is 0 Å². The van der Waals surface area contributed by atoms with Gasteiger partial charge < -0.3 is 15.3 Å². The molecule has 1 saturated heterocycles. The van der Waals surface area contributed by atoms with Crippen LogP contribution in [0.25, 0.3) is 5.78 Å². The fraction of sp³-hybridized carbons (Fsp3) is 0.400. The zero-order chi connectivity index (χ0) is 12.5. The highest BCUT2D eigenvalue weighted by molar-refractivity contribution is 5.86. The summed E-state index contributed by atoms with van der Waals surface area (Å²) < 4.78 is 1.57. The topological polar surface area (TPSA) is 95.7 Å². The highest BCUT2D eigenvalue weighted by Crippen LogP contribution is 2.16. The molecule has 1 fully saturated rings. The van der Waals surface area contributed by atoms with Crippen molar-refractivity contribution in [3.8, 4) is 0 Å². The lowest BCUT2D eigenvalue weighted by molar-refractivity contribution is 0.0690. The first-order valence-electron chi connectivity index (χ1n) is 5.65. The molecule has 18 heavy (non-hydrogen) atoms. The molecule has 8 heteroatoms. The van der Waals surface area contributed by atoms with E-state index in [0.29, 0.717) is 5.78 Å². The monoisotopic (exact) mass is 248 g/mol. The molecule has 3 rings (SSSR count). The Hall–Kier alpha value is -2.22. The Morgan fingerprint density at radius 1 is 1.39 bits per heavy atom. The van der Waals surface area contributed by atoms with Gasteiger partial charge >= 0.3 is 5.97 Å². The molecule has 0 aliphatic carbocycles. The minimum Gasteiger partial charge on any atom is -0.477 e. The van der Waals surface area contributed by atoms with E-state index in [9.17, 15) is 4.79 Å². The predicted molar refractivity (Wildman–Crippen MR) is 62.8 cm³/mol. The molecule has 1 aliphatic heterocycles. The minimum absolute atomic E-state index is 0.0102. The zero-order valence-corrected chi connectivity index (χ0v) is 9.57. The van der Waals surface area contributed by atoms with Gasteiger partial charge in [-0.2, -0.15) is 14.6 Å². The standard InChI is InChI=1S/C10H12N6O2/c17-9(18)7-5-8(15-3-1-11-2-4-15)16-10(14-7)12-6-13-16/h5-6,11H,1-4H2,(H,17,18). The van der Waals surface area contributed by atoms with E-state index in [2.05, 4.69) is 25.3 Å². The van der Waals surface area contributed by atoms with Gasteiger partial charge in [0.15, 0.2) is 5.69 Å². The second kappa shape index (κ2) is 4.22. The number of fused-ring (bicyclic) bond motifs is 1. The molecule has 0 radical (unpaired) electrons. The smallest absolute Gasteiger partial charge is 0.354 e. The number of rotatable bonds is 2. The number of carbonyl (C=O) groups is 1. The summed E-state index contributed by atoms with van der Waals surface area (Å²) in [6, 6.07) is 1.54. The maximum Gasteiger partial charge on any atom is 0.354 e. The van der Waals surface area contributed by atoms with Crippen molar-refractivity contribution >= 4 is 17.6 Å². The number of aromatic carboxylic acids is 1. The van der Waals surface area contributed by atoms with Gasteiger partial charge in [-0.1, -0.05) is 0 Å². The average molecular weight is 248 g/mol. The molecule has 0 atom stereocenters. The van der Waals surface area contributed by atoms with Crippen molar-refractivity contribution in [1.82, 2.24) is 24.9 Å². The number of carboxylic acids is 1. The third kappa shape index (κ3) is 1.76. The van der Waals surface area contributed by atoms with Crippen molar-refractivity contribution in [1.29, 1.82) is 0 Å². The Bertz CT molecular complexity index is 589. The van der Waals surface area contributed by atoms with Crippen LogP contribution in [-0.2, 0) is 0 Å². The fourth-order valence-corrected chi connectivity index (χ4v) is 2.03. The molecule has 0 saturated carbocycles. The summed E-state index contributed by atoms with van der Waals surface area (Å²) in [5.74, 6) is -0.0308. The van der Waals surface area contributed by atoms with Crippen molar-refractivity contribution < 1.29 is 9.90 Å². The summed E-state index contributed by atoms with van der Waals surface area (Å²) >= 11 is 0. The maximum absolute atomic E-state index is 11.1. The molecule has 0 aromatic carbocycles. The first-order valence-corrected chi connectivity index (χ1v) is 5.65. The van der Waals surface area contributed by atoms with Crippen LogP contribution < -0.4 is 10.2 Å². The number of anilines is 1. The number of nitrogens with one attached hydrogen (secondary N) is 1. The number of hydrogen-bond donors (Lipinski definition) is 2. The van der Waals surface area contributed by atoms with E-state index in [4.69, 9.17) is 5.11 Å². The van der Waals surface area contributed by atoms with Crippen molar-refractivity contribution in [2.45, 2.75) is 0 Å². The third-order valence-corrected chi connectivity index (χ3v) is 2.89. The Kier molecular flexibility index (Phi) is 2.56. The molecule has 2 aromatic heterocycles. The van der Waals surface area contributed by atoms with E-state index in [1.807, 2.05) is 0 Å². The van der Waals surface area contributed by atoms with Crippen LogP contribution in [-0.4, -0.2) is 56.8 Å². The van der Waals surface area contributed by atoms with Crippen LogP contribution in [0.1, 0.15) is 10.5 Å². The average Bonchev–Trinajstić information content (AvgIpc) is 2.86. The van der Waals surface area contributed by atoms with Crippen molar-refractivity contribution in [3.05, 3.63) is 18.1 Å². The molecule has 1 aliphatic rings. The first-order chi connectivity index (χ1) is 8.75. The Labute approximate surface area is 102 Å². The van der Waals surface area contributed by atoms with E-state index >= 15 is 0 Å². The second-order valence-corrected chi connectivity index (χ2v) is 4.01. The largest absolute Gasteiger partial charge is 0.477 e. The van der Waals surface area contributed by atoms with Gasteiger partial charge in [0, 0.05) is 32.2 Å². The van der Waals surface area contributed by atoms with Gasteiger partial charge in [0.25, 0.3) is 5.78 Å². The van der Waals surface area contributed by atoms with Gasteiger partial charge in [-0.25, -0.2) is 9.78 Å². The van der Waals surface area contributed by atoms with Crippen LogP contribution in [0.2, 0.25) is 0 Å². The Morgan fingerprint density at radius 2 is 2.17 bits per heavy atom. The SMILES string of the molecule is O=C(O)c1cc(N2CCNCC2)n2ncnc2n1. The van der Waals surface area contributed by atoms with E-state index in [-0.39, 0.29) is 5.69 Å². The molecule has 3 heterocycles. The lowest BCUT2D eigenvalue weighted by Gasteiger charge is -2.29. The molecule has 8 nitrogen and oxygen atoms in total. The lowest BCUT2D eigenvalue weighted by atomic mass is 10.3. The van der Waals surface area contributed by atoms with Crippen molar-refractivity contribution in [3.63, 3.8) is 0 Å². The molecule has 0 amide bonds. The van der Waals surface area contributed by atoms with Gasteiger partial charge in [0.05, 0.1) is 0 Å². The highest BCUT2D eigenvalue weighted by atomic mass is 16.4. The summed E-state index contributed by atoms with van der Waals surface area (Å²) in [7, 11) is 0. The van der Waals surface area contributed by atoms with Gasteiger partial charge in [0.1, 0.15) is 12.1 Å². The van der Waals surface area contributed by atoms with E-state index in [1.54, 1.807) is 4.52 Å². The van der Waals surface area contributed by atoms with E-state index in [1.165, 1.54) is 12.4 Å². The highest BCUT2D eigenvalue weighted by Gasteiger charge is 2.18. The number of nitrogens with zero attached hydrogens (tertiary/aromatic N) is 5. The maximum atomic E-state index is 11.1. The molecule has 94 valence electrons. The molecular weight excluding hydrogens is 236 g/mol. The number of piperazine rings is 1. The zero-order valence-electron chi connectivity index (χ0n) is 9.57. The minimum atomic E-state index is -1.06. The van der Waals surface area contributed by atoms with Crippen molar-refractivity contribution in [2.75, 3.05) is 31.1 Å². The van der Waals surface area contributed by atoms with Crippen LogP contribution >= 0.6 is 0 Å². The van der Waals surface area contributed by atoms with Gasteiger partial charge in [-0.05, 0) is 0 Å². The van der Waals surface area contributed by atoms with Gasteiger partial charge in [-0.15, -0.1) is 0 Å². The first kappa shape index (κ1) is 10.9. The normalized spacial score (nSPS) is 16.1. The van der Waals surface area contributed by atoms with Gasteiger partial charge in [0.2, 0.25) is 0 Å². The fourth-order valence-electron chi connectivity index (χ4n) is 2.03. The van der Waals surface area contributed by atoms with Crippen LogP contribution in [0, 0.1) is 0 Å². The number of carboxylic acid groups (broad SMARTS) is 1. The van der Waals surface area contributed by atoms with Crippen LogP contribution in [0.4, 0.5) is 5.82 Å². The summed E-state index contributed by atoms with van der Waals surface area (Å²) in [4.78, 5) is 21.0. The van der Waals surface area contributed by atoms with Gasteiger partial charge in [-0.3, -0.25) is 0 Å². The summed E-state index contributed by atoms with van der Waals surface area (Å²) in [5, 5.41) is 16.4. The van der Waals surface area contributed by atoms with E-state index < -0.39 is 5.97 Å². The van der Waals surface area contributed by atoms with E-state index in [0.717, 1.165) is 32.0 Å². The second-order valence-electron chi connectivity index (χ2n) is 4.01. The summed E-state index contributed by atoms with van der Waals surface area (Å²) in [6.45, 7) is 3.33. The summed E-state index contributed by atoms with van der Waals surface area (Å²) in [5.41, 5.74) is -0.0102. The number of hydrogen-bond acceptors (Lipinski definition) is 6. The Balaban J connectivity index is 2.12. The molecule has 0 bridgehead atoms. The quantitative estimate of drug-likeness (QED) is 0.720.